The normalized spacial score (nSPS) is 12.2. The topological polar surface area (TPSA) is 54.1 Å². The van der Waals surface area contributed by atoms with Crippen LogP contribution in [0.1, 0.15) is 6.92 Å². The molecule has 1 atom stereocenters. The number of halogens is 1. The van der Waals surface area contributed by atoms with Crippen molar-refractivity contribution < 1.29 is 13.9 Å². The van der Waals surface area contributed by atoms with E-state index in [0.29, 0.717) is 11.4 Å². The van der Waals surface area contributed by atoms with Crippen molar-refractivity contribution in [3.05, 3.63) is 72.5 Å². The highest BCUT2D eigenvalue weighted by Crippen LogP contribution is 2.28. The van der Waals surface area contributed by atoms with Gasteiger partial charge in [-0.2, -0.15) is 0 Å². The van der Waals surface area contributed by atoms with Gasteiger partial charge in [-0.15, -0.1) is 0 Å². The molecule has 4 aromatic rings. The molecule has 0 aliphatic carbocycles. The Balaban J connectivity index is 1.51. The van der Waals surface area contributed by atoms with E-state index >= 15 is 0 Å². The van der Waals surface area contributed by atoms with E-state index in [1.165, 1.54) is 24.3 Å². The standard InChI is InChI=1S/C21H17FN2O2/c1-13(21(25)23-15-8-6-14(22)7-9-15)26-16-10-11-18-17-4-2-3-5-19(17)24-20(18)12-16/h2-13,24H,1H3,(H,23,25)/t13-/m1/s1. The van der Waals surface area contributed by atoms with Crippen molar-refractivity contribution in [1.29, 1.82) is 0 Å². The van der Waals surface area contributed by atoms with Gasteiger partial charge in [-0.1, -0.05) is 18.2 Å². The predicted octanol–water partition coefficient (Wildman–Crippen LogP) is 4.87. The molecule has 4 nitrogen and oxygen atoms in total. The number of hydrogen-bond donors (Lipinski definition) is 2. The van der Waals surface area contributed by atoms with Crippen LogP contribution in [0.5, 0.6) is 5.75 Å². The van der Waals surface area contributed by atoms with Crippen LogP contribution in [-0.4, -0.2) is 17.0 Å². The number of aromatic amines is 1. The van der Waals surface area contributed by atoms with Gasteiger partial charge in [0.05, 0.1) is 5.52 Å². The minimum Gasteiger partial charge on any atom is -0.481 e. The summed E-state index contributed by atoms with van der Waals surface area (Å²) >= 11 is 0. The summed E-state index contributed by atoms with van der Waals surface area (Å²) in [4.78, 5) is 15.6. The minimum atomic E-state index is -0.693. The van der Waals surface area contributed by atoms with Crippen molar-refractivity contribution >= 4 is 33.4 Å². The number of para-hydroxylation sites is 1. The molecule has 130 valence electrons. The van der Waals surface area contributed by atoms with Crippen LogP contribution in [0, 0.1) is 5.82 Å². The number of ether oxygens (including phenoxy) is 1. The summed E-state index contributed by atoms with van der Waals surface area (Å²) in [7, 11) is 0. The number of carbonyl (C=O) groups excluding carboxylic acids is 1. The zero-order valence-corrected chi connectivity index (χ0v) is 14.1. The number of anilines is 1. The Bertz CT molecular complexity index is 1090. The van der Waals surface area contributed by atoms with Crippen LogP contribution in [0.25, 0.3) is 21.8 Å². The van der Waals surface area contributed by atoms with Crippen LogP contribution in [0.15, 0.2) is 66.7 Å². The van der Waals surface area contributed by atoms with E-state index in [9.17, 15) is 9.18 Å². The fraction of sp³-hybridized carbons (Fsp3) is 0.0952. The van der Waals surface area contributed by atoms with E-state index < -0.39 is 6.10 Å². The molecule has 1 amide bonds. The van der Waals surface area contributed by atoms with E-state index in [-0.39, 0.29) is 11.7 Å². The molecule has 26 heavy (non-hydrogen) atoms. The fourth-order valence-corrected chi connectivity index (χ4v) is 2.94. The summed E-state index contributed by atoms with van der Waals surface area (Å²) < 4.78 is 18.7. The number of amides is 1. The number of rotatable bonds is 4. The van der Waals surface area contributed by atoms with Gasteiger partial charge in [0.2, 0.25) is 0 Å². The van der Waals surface area contributed by atoms with Crippen LogP contribution in [0.4, 0.5) is 10.1 Å². The maximum atomic E-state index is 12.9. The molecule has 0 saturated heterocycles. The van der Waals surface area contributed by atoms with Crippen molar-refractivity contribution in [2.75, 3.05) is 5.32 Å². The largest absolute Gasteiger partial charge is 0.481 e. The first-order chi connectivity index (χ1) is 12.6. The monoisotopic (exact) mass is 348 g/mol. The third-order valence-electron chi connectivity index (χ3n) is 4.27. The highest BCUT2D eigenvalue weighted by molar-refractivity contribution is 6.07. The first kappa shape index (κ1) is 16.1. The summed E-state index contributed by atoms with van der Waals surface area (Å²) in [5.74, 6) is -0.0434. The van der Waals surface area contributed by atoms with Crippen LogP contribution in [-0.2, 0) is 4.79 Å². The number of carbonyl (C=O) groups is 1. The van der Waals surface area contributed by atoms with Crippen molar-refractivity contribution in [3.63, 3.8) is 0 Å². The summed E-state index contributed by atoms with van der Waals surface area (Å²) in [6, 6.07) is 19.4. The minimum absolute atomic E-state index is 0.298. The Morgan fingerprint density at radius 2 is 1.73 bits per heavy atom. The maximum Gasteiger partial charge on any atom is 0.265 e. The average Bonchev–Trinajstić information content (AvgIpc) is 3.01. The molecular formula is C21H17FN2O2. The molecule has 1 aromatic heterocycles. The SMILES string of the molecule is C[C@@H](Oc1ccc2c(c1)[nH]c1ccccc12)C(=O)Nc1ccc(F)cc1. The molecule has 0 bridgehead atoms. The van der Waals surface area contributed by atoms with Gasteiger partial charge in [0.25, 0.3) is 5.91 Å². The molecule has 0 aliphatic rings. The molecule has 0 saturated carbocycles. The van der Waals surface area contributed by atoms with Gasteiger partial charge in [0.1, 0.15) is 11.6 Å². The summed E-state index contributed by atoms with van der Waals surface area (Å²) in [5.41, 5.74) is 2.54. The number of fused-ring (bicyclic) bond motifs is 3. The lowest BCUT2D eigenvalue weighted by Crippen LogP contribution is -2.30. The van der Waals surface area contributed by atoms with Gasteiger partial charge in [0, 0.05) is 28.0 Å². The average molecular weight is 348 g/mol. The van der Waals surface area contributed by atoms with Gasteiger partial charge in [-0.05, 0) is 49.4 Å². The molecular weight excluding hydrogens is 331 g/mol. The number of H-pyrrole nitrogens is 1. The highest BCUT2D eigenvalue weighted by Gasteiger charge is 2.15. The lowest BCUT2D eigenvalue weighted by molar-refractivity contribution is -0.122. The van der Waals surface area contributed by atoms with E-state index in [0.717, 1.165) is 21.8 Å². The molecule has 0 spiro atoms. The Kier molecular flexibility index (Phi) is 4.05. The zero-order valence-electron chi connectivity index (χ0n) is 14.1. The van der Waals surface area contributed by atoms with E-state index in [4.69, 9.17) is 4.74 Å². The van der Waals surface area contributed by atoms with E-state index in [2.05, 4.69) is 16.4 Å². The Morgan fingerprint density at radius 1 is 1.00 bits per heavy atom. The number of hydrogen-bond acceptors (Lipinski definition) is 2. The number of aromatic nitrogens is 1. The van der Waals surface area contributed by atoms with Crippen LogP contribution < -0.4 is 10.1 Å². The molecule has 1 heterocycles. The lowest BCUT2D eigenvalue weighted by Gasteiger charge is -2.15. The van der Waals surface area contributed by atoms with Crippen molar-refractivity contribution in [2.45, 2.75) is 13.0 Å². The van der Waals surface area contributed by atoms with Crippen LogP contribution in [0.2, 0.25) is 0 Å². The predicted molar refractivity (Wildman–Crippen MR) is 101 cm³/mol. The second-order valence-electron chi connectivity index (χ2n) is 6.13. The van der Waals surface area contributed by atoms with E-state index in [1.807, 2.05) is 36.4 Å². The van der Waals surface area contributed by atoms with Gasteiger partial charge in [-0.25, -0.2) is 4.39 Å². The lowest BCUT2D eigenvalue weighted by atomic mass is 10.1. The van der Waals surface area contributed by atoms with E-state index in [1.54, 1.807) is 6.92 Å². The molecule has 5 heteroatoms. The first-order valence-corrected chi connectivity index (χ1v) is 8.34. The second-order valence-corrected chi connectivity index (χ2v) is 6.13. The van der Waals surface area contributed by atoms with Gasteiger partial charge >= 0.3 is 0 Å². The summed E-state index contributed by atoms with van der Waals surface area (Å²) in [6.07, 6.45) is -0.693. The van der Waals surface area contributed by atoms with Crippen molar-refractivity contribution in [2.24, 2.45) is 0 Å². The summed E-state index contributed by atoms with van der Waals surface area (Å²) in [6.45, 7) is 1.67. The molecule has 0 radical (unpaired) electrons. The Morgan fingerprint density at radius 3 is 2.54 bits per heavy atom. The second kappa shape index (κ2) is 6.52. The van der Waals surface area contributed by atoms with Crippen molar-refractivity contribution in [3.8, 4) is 5.75 Å². The Hall–Kier alpha value is -3.34. The Labute approximate surface area is 149 Å². The molecule has 0 unspecified atom stereocenters. The number of nitrogens with one attached hydrogen (secondary N) is 2. The fourth-order valence-electron chi connectivity index (χ4n) is 2.94. The molecule has 0 aliphatic heterocycles. The molecule has 2 N–H and O–H groups in total. The third-order valence-corrected chi connectivity index (χ3v) is 4.27. The zero-order chi connectivity index (χ0) is 18.1. The van der Waals surface area contributed by atoms with Crippen LogP contribution >= 0.6 is 0 Å². The van der Waals surface area contributed by atoms with Crippen molar-refractivity contribution in [1.82, 2.24) is 4.98 Å². The smallest absolute Gasteiger partial charge is 0.265 e. The van der Waals surface area contributed by atoms with Crippen LogP contribution in [0.3, 0.4) is 0 Å². The van der Waals surface area contributed by atoms with Gasteiger partial charge in [-0.3, -0.25) is 4.79 Å². The molecule has 0 fully saturated rings. The molecule has 4 rings (SSSR count). The van der Waals surface area contributed by atoms with Gasteiger partial charge < -0.3 is 15.0 Å². The summed E-state index contributed by atoms with van der Waals surface area (Å²) in [5, 5.41) is 4.97. The number of benzene rings is 3. The third kappa shape index (κ3) is 3.11. The highest BCUT2D eigenvalue weighted by atomic mass is 19.1. The molecule has 3 aromatic carbocycles. The first-order valence-electron chi connectivity index (χ1n) is 8.34. The van der Waals surface area contributed by atoms with Gasteiger partial charge in [0.15, 0.2) is 6.10 Å². The maximum absolute atomic E-state index is 12.9. The quantitative estimate of drug-likeness (QED) is 0.553.